The number of hydrogen-bond acceptors (Lipinski definition) is 6. The number of aromatic nitrogens is 3. The Morgan fingerprint density at radius 3 is 2.58 bits per heavy atom. The van der Waals surface area contributed by atoms with Crippen molar-refractivity contribution in [2.75, 3.05) is 37.4 Å². The summed E-state index contributed by atoms with van der Waals surface area (Å²) >= 11 is 1.49. The van der Waals surface area contributed by atoms with E-state index in [0.29, 0.717) is 5.75 Å². The summed E-state index contributed by atoms with van der Waals surface area (Å²) in [6.45, 7) is 3.46. The number of nitrogens with zero attached hydrogens (tertiary/aromatic N) is 5. The molecule has 3 heterocycles. The Labute approximate surface area is 157 Å². The summed E-state index contributed by atoms with van der Waals surface area (Å²) in [6, 6.07) is 7.94. The smallest absolute Gasteiger partial charge is 0.233 e. The minimum atomic E-state index is 0.206. The Hall–Kier alpha value is -2.22. The predicted octanol–water partition coefficient (Wildman–Crippen LogP) is 2.54. The highest BCUT2D eigenvalue weighted by atomic mass is 32.2. The summed E-state index contributed by atoms with van der Waals surface area (Å²) < 4.78 is 7.31. The van der Waals surface area contributed by atoms with Crippen molar-refractivity contribution in [2.45, 2.75) is 31.0 Å². The van der Waals surface area contributed by atoms with Gasteiger partial charge in [0.2, 0.25) is 11.9 Å². The normalized spacial score (nSPS) is 16.7. The molecular weight excluding hydrogens is 350 g/mol. The molecule has 2 aromatic rings. The fourth-order valence-electron chi connectivity index (χ4n) is 3.45. The van der Waals surface area contributed by atoms with Crippen molar-refractivity contribution >= 4 is 29.3 Å². The van der Waals surface area contributed by atoms with Gasteiger partial charge in [0.1, 0.15) is 5.75 Å². The van der Waals surface area contributed by atoms with Crippen LogP contribution in [0.2, 0.25) is 0 Å². The van der Waals surface area contributed by atoms with Crippen molar-refractivity contribution in [3.8, 4) is 5.75 Å². The van der Waals surface area contributed by atoms with Crippen LogP contribution in [0, 0.1) is 0 Å². The van der Waals surface area contributed by atoms with E-state index in [1.807, 2.05) is 29.2 Å². The molecule has 26 heavy (non-hydrogen) atoms. The minimum Gasteiger partial charge on any atom is -0.497 e. The summed E-state index contributed by atoms with van der Waals surface area (Å²) in [5.41, 5.74) is 1.07. The van der Waals surface area contributed by atoms with Gasteiger partial charge >= 0.3 is 0 Å². The van der Waals surface area contributed by atoms with Gasteiger partial charge in [-0.3, -0.25) is 9.36 Å². The first-order valence-corrected chi connectivity index (χ1v) is 10.00. The number of carbonyl (C=O) groups is 1. The lowest BCUT2D eigenvalue weighted by Gasteiger charge is -2.26. The summed E-state index contributed by atoms with van der Waals surface area (Å²) in [5, 5.41) is 9.47. The molecule has 0 bridgehead atoms. The summed E-state index contributed by atoms with van der Waals surface area (Å²) in [5.74, 6) is 2.31. The van der Waals surface area contributed by atoms with Crippen LogP contribution in [0.1, 0.15) is 19.3 Å². The molecule has 0 saturated carbocycles. The predicted molar refractivity (Wildman–Crippen MR) is 101 cm³/mol. The van der Waals surface area contributed by atoms with Crippen LogP contribution in [0.15, 0.2) is 29.4 Å². The van der Waals surface area contributed by atoms with Gasteiger partial charge in [0, 0.05) is 31.9 Å². The van der Waals surface area contributed by atoms with Crippen LogP contribution < -0.4 is 9.64 Å². The highest BCUT2D eigenvalue weighted by molar-refractivity contribution is 7.99. The Bertz CT molecular complexity index is 770. The van der Waals surface area contributed by atoms with Crippen molar-refractivity contribution in [3.05, 3.63) is 24.3 Å². The Kier molecular flexibility index (Phi) is 5.01. The van der Waals surface area contributed by atoms with Gasteiger partial charge < -0.3 is 14.5 Å². The number of anilines is 2. The minimum absolute atomic E-state index is 0.206. The second-order valence-corrected chi connectivity index (χ2v) is 7.46. The lowest BCUT2D eigenvalue weighted by Crippen LogP contribution is -2.36. The molecule has 0 unspecified atom stereocenters. The van der Waals surface area contributed by atoms with Gasteiger partial charge in [0.15, 0.2) is 5.16 Å². The molecule has 1 amide bonds. The van der Waals surface area contributed by atoms with E-state index < -0.39 is 0 Å². The lowest BCUT2D eigenvalue weighted by molar-refractivity contribution is -0.129. The third-order valence-electron chi connectivity index (χ3n) is 4.90. The molecule has 0 atom stereocenters. The number of rotatable bonds is 5. The summed E-state index contributed by atoms with van der Waals surface area (Å²) in [7, 11) is 1.66. The first-order chi connectivity index (χ1) is 12.8. The average molecular weight is 373 g/mol. The molecule has 2 aliphatic rings. The van der Waals surface area contributed by atoms with E-state index in [1.54, 1.807) is 7.11 Å². The molecule has 1 fully saturated rings. The van der Waals surface area contributed by atoms with Gasteiger partial charge in [0.25, 0.3) is 0 Å². The number of piperidine rings is 1. The molecule has 0 spiro atoms. The van der Waals surface area contributed by atoms with E-state index in [9.17, 15) is 4.79 Å². The van der Waals surface area contributed by atoms with E-state index >= 15 is 0 Å². The number of likely N-dealkylation sites (tertiary alicyclic amines) is 1. The first-order valence-electron chi connectivity index (χ1n) is 9.01. The largest absolute Gasteiger partial charge is 0.497 e. The van der Waals surface area contributed by atoms with Crippen LogP contribution in [0.5, 0.6) is 5.75 Å². The quantitative estimate of drug-likeness (QED) is 0.751. The van der Waals surface area contributed by atoms with Gasteiger partial charge in [-0.15, -0.1) is 10.2 Å². The van der Waals surface area contributed by atoms with Crippen LogP contribution in [0.3, 0.4) is 0 Å². The number of methoxy groups -OCH3 is 1. The fraction of sp³-hybridized carbons (Fsp3) is 0.500. The van der Waals surface area contributed by atoms with E-state index in [-0.39, 0.29) is 5.91 Å². The number of thioether (sulfide) groups is 1. The van der Waals surface area contributed by atoms with Crippen LogP contribution in [-0.4, -0.2) is 58.1 Å². The summed E-state index contributed by atoms with van der Waals surface area (Å²) in [6.07, 6.45) is 3.47. The Morgan fingerprint density at radius 2 is 1.85 bits per heavy atom. The van der Waals surface area contributed by atoms with Gasteiger partial charge in [-0.1, -0.05) is 11.8 Å². The molecule has 2 aliphatic heterocycles. The van der Waals surface area contributed by atoms with E-state index in [2.05, 4.69) is 19.7 Å². The highest BCUT2D eigenvalue weighted by Gasteiger charge is 2.27. The number of ether oxygens (including phenoxy) is 1. The van der Waals surface area contributed by atoms with Crippen molar-refractivity contribution < 1.29 is 9.53 Å². The summed E-state index contributed by atoms with van der Waals surface area (Å²) in [4.78, 5) is 16.5. The van der Waals surface area contributed by atoms with Crippen molar-refractivity contribution in [1.29, 1.82) is 0 Å². The SMILES string of the molecule is COc1ccc(N2CCn3c(SCC(=O)N4CCCCC4)nnc32)cc1. The van der Waals surface area contributed by atoms with E-state index in [0.717, 1.165) is 61.6 Å². The average Bonchev–Trinajstić information content (AvgIpc) is 3.29. The molecule has 138 valence electrons. The molecule has 0 N–H and O–H groups in total. The van der Waals surface area contributed by atoms with Gasteiger partial charge in [-0.05, 0) is 43.5 Å². The topological polar surface area (TPSA) is 63.5 Å². The number of fused-ring (bicyclic) bond motifs is 1. The molecule has 0 radical (unpaired) electrons. The van der Waals surface area contributed by atoms with Gasteiger partial charge in [-0.25, -0.2) is 0 Å². The van der Waals surface area contributed by atoms with Crippen LogP contribution in [0.25, 0.3) is 0 Å². The van der Waals surface area contributed by atoms with Crippen molar-refractivity contribution in [3.63, 3.8) is 0 Å². The maximum absolute atomic E-state index is 12.4. The number of carbonyl (C=O) groups excluding carboxylic acids is 1. The second-order valence-electron chi connectivity index (χ2n) is 6.51. The standard InChI is InChI=1S/C18H23N5O2S/c1-25-15-7-5-14(6-8-15)22-11-12-23-17(22)19-20-18(23)26-13-16(24)21-9-3-2-4-10-21/h5-8H,2-4,9-13H2,1H3. The monoisotopic (exact) mass is 373 g/mol. The molecule has 8 heteroatoms. The van der Waals surface area contributed by atoms with Crippen molar-refractivity contribution in [2.24, 2.45) is 0 Å². The molecule has 1 saturated heterocycles. The first kappa shape index (κ1) is 17.2. The van der Waals surface area contributed by atoms with Gasteiger partial charge in [0.05, 0.1) is 12.9 Å². The van der Waals surface area contributed by atoms with Crippen LogP contribution >= 0.6 is 11.8 Å². The number of amides is 1. The van der Waals surface area contributed by atoms with Gasteiger partial charge in [-0.2, -0.15) is 0 Å². The van der Waals surface area contributed by atoms with Crippen LogP contribution in [0.4, 0.5) is 11.6 Å². The molecule has 1 aromatic heterocycles. The third-order valence-corrected chi connectivity index (χ3v) is 5.86. The molecule has 1 aromatic carbocycles. The molecule has 7 nitrogen and oxygen atoms in total. The number of benzene rings is 1. The zero-order valence-electron chi connectivity index (χ0n) is 14.9. The maximum atomic E-state index is 12.4. The van der Waals surface area contributed by atoms with E-state index in [1.165, 1.54) is 18.2 Å². The van der Waals surface area contributed by atoms with E-state index in [4.69, 9.17) is 4.74 Å². The molecule has 0 aliphatic carbocycles. The fourth-order valence-corrected chi connectivity index (χ4v) is 4.31. The Balaban J connectivity index is 1.42. The zero-order valence-corrected chi connectivity index (χ0v) is 15.7. The van der Waals surface area contributed by atoms with Crippen molar-refractivity contribution in [1.82, 2.24) is 19.7 Å². The van der Waals surface area contributed by atoms with Crippen LogP contribution in [-0.2, 0) is 11.3 Å². The Morgan fingerprint density at radius 1 is 1.08 bits per heavy atom. The number of hydrogen-bond donors (Lipinski definition) is 0. The zero-order chi connectivity index (χ0) is 17.9. The second kappa shape index (κ2) is 7.57. The molecule has 4 rings (SSSR count). The molecular formula is C18H23N5O2S. The third kappa shape index (κ3) is 3.38. The highest BCUT2D eigenvalue weighted by Crippen LogP contribution is 2.32. The lowest BCUT2D eigenvalue weighted by atomic mass is 10.1. The maximum Gasteiger partial charge on any atom is 0.233 e.